The van der Waals surface area contributed by atoms with Crippen LogP contribution in [0.15, 0.2) is 24.3 Å². The summed E-state index contributed by atoms with van der Waals surface area (Å²) in [5.41, 5.74) is 8.23. The topological polar surface area (TPSA) is 58.8 Å². The number of halogens is 1. The Morgan fingerprint density at radius 3 is 2.87 bits per heavy atom. The summed E-state index contributed by atoms with van der Waals surface area (Å²) >= 11 is 0. The van der Waals surface area contributed by atoms with E-state index in [4.69, 9.17) is 10.5 Å². The molecule has 2 heterocycles. The Balaban J connectivity index is 0.00000192. The lowest BCUT2D eigenvalue weighted by atomic mass is 9.99. The molecule has 2 aliphatic heterocycles. The fourth-order valence-corrected chi connectivity index (χ4v) is 3.59. The number of nitrogens with two attached hydrogens (primary N) is 1. The maximum atomic E-state index is 12.7. The molecule has 1 fully saturated rings. The van der Waals surface area contributed by atoms with Gasteiger partial charge < -0.3 is 15.4 Å². The zero-order valence-corrected chi connectivity index (χ0v) is 14.4. The van der Waals surface area contributed by atoms with Crippen molar-refractivity contribution in [3.8, 4) is 0 Å². The number of amides is 1. The normalized spacial score (nSPS) is 24.2. The molecule has 6 heteroatoms. The van der Waals surface area contributed by atoms with Gasteiger partial charge in [0.15, 0.2) is 0 Å². The molecule has 2 unspecified atom stereocenters. The Morgan fingerprint density at radius 1 is 1.35 bits per heavy atom. The fourth-order valence-electron chi connectivity index (χ4n) is 3.59. The highest BCUT2D eigenvalue weighted by molar-refractivity contribution is 5.96. The predicted octanol–water partition coefficient (Wildman–Crippen LogP) is 1.44. The molecule has 2 atom stereocenters. The van der Waals surface area contributed by atoms with Crippen molar-refractivity contribution in [1.29, 1.82) is 0 Å². The van der Waals surface area contributed by atoms with Gasteiger partial charge in [0.25, 0.3) is 0 Å². The van der Waals surface area contributed by atoms with E-state index in [0.29, 0.717) is 13.1 Å². The summed E-state index contributed by atoms with van der Waals surface area (Å²) in [6.07, 6.45) is 3.11. The van der Waals surface area contributed by atoms with E-state index in [9.17, 15) is 4.79 Å². The van der Waals surface area contributed by atoms with Crippen molar-refractivity contribution in [2.75, 3.05) is 38.2 Å². The molecule has 1 aromatic rings. The van der Waals surface area contributed by atoms with Gasteiger partial charge in [0.1, 0.15) is 0 Å². The van der Waals surface area contributed by atoms with Gasteiger partial charge >= 0.3 is 0 Å². The van der Waals surface area contributed by atoms with Crippen LogP contribution in [0.4, 0.5) is 5.69 Å². The van der Waals surface area contributed by atoms with Gasteiger partial charge in [-0.05, 0) is 30.9 Å². The number of ether oxygens (including phenoxy) is 1. The molecule has 1 amide bonds. The first-order valence-corrected chi connectivity index (χ1v) is 8.08. The van der Waals surface area contributed by atoms with E-state index in [-0.39, 0.29) is 30.5 Å². The van der Waals surface area contributed by atoms with Crippen molar-refractivity contribution in [3.05, 3.63) is 29.8 Å². The number of hydrogen-bond acceptors (Lipinski definition) is 4. The Hall–Kier alpha value is -1.14. The summed E-state index contributed by atoms with van der Waals surface area (Å²) in [6, 6.07) is 8.41. The Morgan fingerprint density at radius 2 is 2.13 bits per heavy atom. The summed E-state index contributed by atoms with van der Waals surface area (Å²) < 4.78 is 5.45. The molecule has 0 aromatic heterocycles. The highest BCUT2D eigenvalue weighted by Gasteiger charge is 2.31. The van der Waals surface area contributed by atoms with Crippen LogP contribution in [0.25, 0.3) is 0 Å². The van der Waals surface area contributed by atoms with Gasteiger partial charge in [-0.25, -0.2) is 0 Å². The monoisotopic (exact) mass is 339 g/mol. The molecule has 1 saturated heterocycles. The maximum absolute atomic E-state index is 12.7. The molecule has 128 valence electrons. The third-order valence-electron chi connectivity index (χ3n) is 4.92. The number of nitrogens with zero attached hydrogens (tertiary/aromatic N) is 2. The molecule has 23 heavy (non-hydrogen) atoms. The molecule has 3 rings (SSSR count). The summed E-state index contributed by atoms with van der Waals surface area (Å²) in [4.78, 5) is 16.8. The van der Waals surface area contributed by atoms with Crippen molar-refractivity contribution >= 4 is 24.0 Å². The Bertz CT molecular complexity index is 540. The van der Waals surface area contributed by atoms with Crippen molar-refractivity contribution in [2.24, 2.45) is 5.73 Å². The smallest absolute Gasteiger partial charge is 0.241 e. The van der Waals surface area contributed by atoms with E-state index < -0.39 is 0 Å². The zero-order chi connectivity index (χ0) is 15.5. The number of rotatable bonds is 4. The second-order valence-corrected chi connectivity index (χ2v) is 6.17. The van der Waals surface area contributed by atoms with Gasteiger partial charge in [-0.1, -0.05) is 18.2 Å². The molecular weight excluding hydrogens is 314 g/mol. The summed E-state index contributed by atoms with van der Waals surface area (Å²) in [7, 11) is 1.75. The molecule has 0 bridgehead atoms. The molecule has 1 aromatic carbocycles. The number of hydrogen-bond donors (Lipinski definition) is 1. The van der Waals surface area contributed by atoms with Gasteiger partial charge in [-0.15, -0.1) is 12.4 Å². The Labute approximate surface area is 144 Å². The van der Waals surface area contributed by atoms with Crippen molar-refractivity contribution < 1.29 is 9.53 Å². The first-order chi connectivity index (χ1) is 10.7. The van der Waals surface area contributed by atoms with Crippen LogP contribution in [0.5, 0.6) is 0 Å². The summed E-state index contributed by atoms with van der Waals surface area (Å²) in [6.45, 7) is 2.69. The van der Waals surface area contributed by atoms with Crippen molar-refractivity contribution in [3.63, 3.8) is 0 Å². The van der Waals surface area contributed by atoms with Crippen molar-refractivity contribution in [2.45, 2.75) is 31.4 Å². The van der Waals surface area contributed by atoms with Crippen LogP contribution >= 0.6 is 12.4 Å². The number of piperidine rings is 1. The fraction of sp³-hybridized carbons (Fsp3) is 0.588. The van der Waals surface area contributed by atoms with Gasteiger partial charge in [0.05, 0.1) is 12.6 Å². The van der Waals surface area contributed by atoms with Crippen LogP contribution in [0, 0.1) is 0 Å². The molecule has 0 saturated carbocycles. The molecule has 0 spiro atoms. The highest BCUT2D eigenvalue weighted by atomic mass is 35.5. The average molecular weight is 340 g/mol. The summed E-state index contributed by atoms with van der Waals surface area (Å²) in [5.74, 6) is 0.180. The minimum atomic E-state index is 0. The molecule has 2 aliphatic rings. The SMILES string of the molecule is COC1CCN(CC(=O)N2CCc3ccccc32)C(CN)C1.Cl. The van der Waals surface area contributed by atoms with E-state index >= 15 is 0 Å². The van der Waals surface area contributed by atoms with E-state index in [1.807, 2.05) is 23.1 Å². The van der Waals surface area contributed by atoms with Crippen LogP contribution in [0.1, 0.15) is 18.4 Å². The Kier molecular flexibility index (Phi) is 6.41. The van der Waals surface area contributed by atoms with Gasteiger partial charge in [0, 0.05) is 38.5 Å². The van der Waals surface area contributed by atoms with Crippen LogP contribution < -0.4 is 10.6 Å². The van der Waals surface area contributed by atoms with Crippen LogP contribution in [-0.2, 0) is 16.0 Å². The number of likely N-dealkylation sites (tertiary alicyclic amines) is 1. The quantitative estimate of drug-likeness (QED) is 0.901. The van der Waals surface area contributed by atoms with E-state index in [0.717, 1.165) is 38.0 Å². The highest BCUT2D eigenvalue weighted by Crippen LogP contribution is 2.28. The maximum Gasteiger partial charge on any atom is 0.241 e. The van der Waals surface area contributed by atoms with Crippen LogP contribution in [0.3, 0.4) is 0 Å². The molecule has 0 radical (unpaired) electrons. The number of carbonyl (C=O) groups excluding carboxylic acids is 1. The number of carbonyl (C=O) groups is 1. The lowest BCUT2D eigenvalue weighted by Crippen LogP contribution is -2.52. The predicted molar refractivity (Wildman–Crippen MR) is 94.2 cm³/mol. The standard InChI is InChI=1S/C17H25N3O2.ClH/c1-22-15-7-8-19(14(10-15)11-18)12-17(21)20-9-6-13-4-2-3-5-16(13)20;/h2-5,14-15H,6-12,18H2,1H3;1H. The number of para-hydroxylation sites is 1. The zero-order valence-electron chi connectivity index (χ0n) is 13.6. The van der Waals surface area contributed by atoms with E-state index in [1.54, 1.807) is 7.11 Å². The van der Waals surface area contributed by atoms with Gasteiger partial charge in [0.2, 0.25) is 5.91 Å². The lowest BCUT2D eigenvalue weighted by molar-refractivity contribution is -0.121. The number of anilines is 1. The van der Waals surface area contributed by atoms with E-state index in [2.05, 4.69) is 11.0 Å². The number of fused-ring (bicyclic) bond motifs is 1. The second kappa shape index (κ2) is 8.11. The lowest BCUT2D eigenvalue weighted by Gasteiger charge is -2.38. The minimum Gasteiger partial charge on any atom is -0.381 e. The third kappa shape index (κ3) is 3.86. The van der Waals surface area contributed by atoms with E-state index in [1.165, 1.54) is 5.56 Å². The number of methoxy groups -OCH3 is 1. The molecule has 2 N–H and O–H groups in total. The van der Waals surface area contributed by atoms with Gasteiger partial charge in [-0.2, -0.15) is 0 Å². The molecular formula is C17H26ClN3O2. The molecule has 0 aliphatic carbocycles. The molecule has 5 nitrogen and oxygen atoms in total. The number of benzene rings is 1. The average Bonchev–Trinajstić information content (AvgIpc) is 2.99. The minimum absolute atomic E-state index is 0. The largest absolute Gasteiger partial charge is 0.381 e. The first kappa shape index (κ1) is 18.2. The van der Waals surface area contributed by atoms with Crippen LogP contribution in [0.2, 0.25) is 0 Å². The second-order valence-electron chi connectivity index (χ2n) is 6.17. The first-order valence-electron chi connectivity index (χ1n) is 8.08. The van der Waals surface area contributed by atoms with Crippen LogP contribution in [-0.4, -0.2) is 56.2 Å². The third-order valence-corrected chi connectivity index (χ3v) is 4.92. The summed E-state index contributed by atoms with van der Waals surface area (Å²) in [5, 5.41) is 0. The van der Waals surface area contributed by atoms with Crippen molar-refractivity contribution in [1.82, 2.24) is 4.90 Å². The van der Waals surface area contributed by atoms with Gasteiger partial charge in [-0.3, -0.25) is 9.69 Å².